The van der Waals surface area contributed by atoms with E-state index in [0.717, 1.165) is 15.1 Å². The highest BCUT2D eigenvalue weighted by molar-refractivity contribution is 7.90. The third-order valence-electron chi connectivity index (χ3n) is 3.80. The molecule has 0 saturated carbocycles. The average molecular weight is 331 g/mol. The Balaban J connectivity index is 2.03. The van der Waals surface area contributed by atoms with Crippen LogP contribution in [0.5, 0.6) is 0 Å². The van der Waals surface area contributed by atoms with Crippen molar-refractivity contribution in [3.8, 4) is 0 Å². The van der Waals surface area contributed by atoms with Crippen molar-refractivity contribution in [2.24, 2.45) is 0 Å². The van der Waals surface area contributed by atoms with Gasteiger partial charge >= 0.3 is 5.69 Å². The molecule has 0 saturated heterocycles. The molecule has 0 spiro atoms. The summed E-state index contributed by atoms with van der Waals surface area (Å²) >= 11 is 0. The minimum Gasteiger partial charge on any atom is -0.398 e. The van der Waals surface area contributed by atoms with Crippen LogP contribution in [0, 0.1) is 6.92 Å². The van der Waals surface area contributed by atoms with E-state index < -0.39 is 15.7 Å². The van der Waals surface area contributed by atoms with Crippen molar-refractivity contribution in [2.75, 3.05) is 11.5 Å². The van der Waals surface area contributed by atoms with Gasteiger partial charge in [-0.1, -0.05) is 30.3 Å². The summed E-state index contributed by atoms with van der Waals surface area (Å²) in [5, 5.41) is 0. The third-order valence-corrected chi connectivity index (χ3v) is 5.44. The molecule has 0 bridgehead atoms. The molecule has 0 aliphatic rings. The number of imidazole rings is 1. The quantitative estimate of drug-likeness (QED) is 0.710. The molecular weight excluding hydrogens is 314 g/mol. The van der Waals surface area contributed by atoms with Crippen molar-refractivity contribution in [1.82, 2.24) is 8.96 Å². The maximum atomic E-state index is 12.6. The maximum absolute atomic E-state index is 12.6. The smallest absolute Gasteiger partial charge is 0.340 e. The Morgan fingerprint density at radius 2 is 1.87 bits per heavy atom. The first-order valence-electron chi connectivity index (χ1n) is 7.16. The van der Waals surface area contributed by atoms with Crippen LogP contribution in [0.3, 0.4) is 0 Å². The van der Waals surface area contributed by atoms with Gasteiger partial charge in [-0.25, -0.2) is 13.2 Å². The van der Waals surface area contributed by atoms with Crippen LogP contribution >= 0.6 is 0 Å². The van der Waals surface area contributed by atoms with Crippen LogP contribution in [-0.2, 0) is 16.4 Å². The van der Waals surface area contributed by atoms with E-state index in [1.54, 1.807) is 13.0 Å². The minimum absolute atomic E-state index is 0.155. The number of anilines is 1. The number of aromatic amines is 1. The minimum atomic E-state index is -3.78. The Labute approximate surface area is 133 Å². The molecule has 0 atom stereocenters. The molecule has 0 fully saturated rings. The van der Waals surface area contributed by atoms with E-state index in [0.29, 0.717) is 17.6 Å². The first-order valence-corrected chi connectivity index (χ1v) is 8.77. The molecule has 6 nitrogen and oxygen atoms in total. The molecule has 120 valence electrons. The van der Waals surface area contributed by atoms with Crippen LogP contribution < -0.4 is 11.4 Å². The fourth-order valence-electron chi connectivity index (χ4n) is 2.52. The second-order valence-corrected chi connectivity index (χ2v) is 7.41. The fraction of sp³-hybridized carbons (Fsp3) is 0.188. The molecule has 0 aliphatic heterocycles. The van der Waals surface area contributed by atoms with Gasteiger partial charge in [-0.05, 0) is 36.6 Å². The Morgan fingerprint density at radius 3 is 2.57 bits per heavy atom. The molecule has 0 amide bonds. The summed E-state index contributed by atoms with van der Waals surface area (Å²) in [5.74, 6) is -0.155. The Hall–Kier alpha value is -2.54. The van der Waals surface area contributed by atoms with Gasteiger partial charge in [-0.2, -0.15) is 3.97 Å². The lowest BCUT2D eigenvalue weighted by Gasteiger charge is -2.07. The van der Waals surface area contributed by atoms with Crippen LogP contribution in [-0.4, -0.2) is 23.1 Å². The molecular formula is C16H17N3O3S. The predicted octanol–water partition coefficient (Wildman–Crippen LogP) is 1.64. The van der Waals surface area contributed by atoms with Crippen molar-refractivity contribution in [3.63, 3.8) is 0 Å². The van der Waals surface area contributed by atoms with E-state index in [2.05, 4.69) is 4.98 Å². The first kappa shape index (κ1) is 15.4. The standard InChI is InChI=1S/C16H17N3O3S/c1-11-9-14-15(10-13(11)17)19(16(20)18-14)23(21,22)8-7-12-5-3-2-4-6-12/h2-6,9-10H,7-8,17H2,1H3,(H,18,20). The predicted molar refractivity (Wildman–Crippen MR) is 91.0 cm³/mol. The summed E-state index contributed by atoms with van der Waals surface area (Å²) in [6.07, 6.45) is 0.337. The highest BCUT2D eigenvalue weighted by Gasteiger charge is 2.20. The molecule has 2 aromatic carbocycles. The number of nitrogen functional groups attached to an aromatic ring is 1. The molecule has 0 radical (unpaired) electrons. The van der Waals surface area contributed by atoms with E-state index >= 15 is 0 Å². The zero-order valence-electron chi connectivity index (χ0n) is 12.6. The van der Waals surface area contributed by atoms with Crippen molar-refractivity contribution in [3.05, 3.63) is 64.1 Å². The monoisotopic (exact) mass is 331 g/mol. The van der Waals surface area contributed by atoms with Gasteiger partial charge < -0.3 is 10.7 Å². The largest absolute Gasteiger partial charge is 0.398 e. The van der Waals surface area contributed by atoms with Crippen LogP contribution in [0.2, 0.25) is 0 Å². The van der Waals surface area contributed by atoms with Crippen molar-refractivity contribution in [2.45, 2.75) is 13.3 Å². The van der Waals surface area contributed by atoms with Gasteiger partial charge in [0.15, 0.2) is 0 Å². The van der Waals surface area contributed by atoms with Gasteiger partial charge in [0.25, 0.3) is 0 Å². The number of aryl methyl sites for hydroxylation is 2. The number of hydrogen-bond donors (Lipinski definition) is 2. The first-order chi connectivity index (χ1) is 10.9. The number of nitrogens with two attached hydrogens (primary N) is 1. The van der Waals surface area contributed by atoms with E-state index in [1.807, 2.05) is 30.3 Å². The number of aromatic nitrogens is 2. The van der Waals surface area contributed by atoms with Crippen molar-refractivity contribution >= 4 is 26.7 Å². The SMILES string of the molecule is Cc1cc2[nH]c(=O)n(S(=O)(=O)CCc3ccccc3)c2cc1N. The molecule has 0 unspecified atom stereocenters. The van der Waals surface area contributed by atoms with Gasteiger partial charge in [0, 0.05) is 5.69 Å². The second kappa shape index (κ2) is 5.58. The highest BCUT2D eigenvalue weighted by atomic mass is 32.2. The second-order valence-electron chi connectivity index (χ2n) is 5.47. The molecule has 0 aliphatic carbocycles. The van der Waals surface area contributed by atoms with Gasteiger partial charge in [-0.3, -0.25) is 0 Å². The molecule has 1 aromatic heterocycles. The Bertz CT molecular complexity index is 1020. The van der Waals surface area contributed by atoms with Crippen LogP contribution in [0.4, 0.5) is 5.69 Å². The molecule has 7 heteroatoms. The van der Waals surface area contributed by atoms with Crippen molar-refractivity contribution < 1.29 is 8.42 Å². The number of H-pyrrole nitrogens is 1. The van der Waals surface area contributed by atoms with E-state index in [4.69, 9.17) is 5.73 Å². The summed E-state index contributed by atoms with van der Waals surface area (Å²) in [7, 11) is -3.78. The average Bonchev–Trinajstić information content (AvgIpc) is 2.82. The number of fused-ring (bicyclic) bond motifs is 1. The number of hydrogen-bond acceptors (Lipinski definition) is 4. The number of rotatable bonds is 4. The van der Waals surface area contributed by atoms with E-state index in [1.165, 1.54) is 6.07 Å². The lowest BCUT2D eigenvalue weighted by molar-refractivity contribution is 0.586. The fourth-order valence-corrected chi connectivity index (χ4v) is 3.94. The molecule has 3 rings (SSSR count). The van der Waals surface area contributed by atoms with E-state index in [-0.39, 0.29) is 11.3 Å². The molecule has 3 N–H and O–H groups in total. The summed E-state index contributed by atoms with van der Waals surface area (Å²) < 4.78 is 26.0. The maximum Gasteiger partial charge on any atom is 0.340 e. The van der Waals surface area contributed by atoms with Crippen LogP contribution in [0.25, 0.3) is 11.0 Å². The summed E-state index contributed by atoms with van der Waals surface area (Å²) in [4.78, 5) is 14.7. The summed E-state index contributed by atoms with van der Waals surface area (Å²) in [6, 6.07) is 12.5. The zero-order valence-corrected chi connectivity index (χ0v) is 13.4. The van der Waals surface area contributed by atoms with Crippen LogP contribution in [0.1, 0.15) is 11.1 Å². The third kappa shape index (κ3) is 2.87. The molecule has 1 heterocycles. The number of nitrogens with zero attached hydrogens (tertiary/aromatic N) is 1. The topological polar surface area (TPSA) is 98.0 Å². The van der Waals surface area contributed by atoms with E-state index in [9.17, 15) is 13.2 Å². The number of nitrogens with one attached hydrogen (secondary N) is 1. The van der Waals surface area contributed by atoms with Gasteiger partial charge in [0.1, 0.15) is 0 Å². The summed E-state index contributed by atoms with van der Waals surface area (Å²) in [6.45, 7) is 1.80. The molecule has 3 aromatic rings. The van der Waals surface area contributed by atoms with Crippen LogP contribution in [0.15, 0.2) is 47.3 Å². The Morgan fingerprint density at radius 1 is 1.17 bits per heavy atom. The van der Waals surface area contributed by atoms with Crippen molar-refractivity contribution in [1.29, 1.82) is 0 Å². The van der Waals surface area contributed by atoms with Gasteiger partial charge in [0.05, 0.1) is 16.8 Å². The lowest BCUT2D eigenvalue weighted by atomic mass is 10.2. The highest BCUT2D eigenvalue weighted by Crippen LogP contribution is 2.20. The van der Waals surface area contributed by atoms with Gasteiger partial charge in [-0.15, -0.1) is 0 Å². The Kier molecular flexibility index (Phi) is 3.73. The normalized spacial score (nSPS) is 11.9. The molecule has 23 heavy (non-hydrogen) atoms. The van der Waals surface area contributed by atoms with Gasteiger partial charge in [0.2, 0.25) is 10.0 Å². The lowest BCUT2D eigenvalue weighted by Crippen LogP contribution is -2.28. The zero-order chi connectivity index (χ0) is 16.6. The number of benzene rings is 2. The summed E-state index contributed by atoms with van der Waals surface area (Å²) in [5.41, 5.74) is 8.06.